The van der Waals surface area contributed by atoms with E-state index in [4.69, 9.17) is 0 Å². The molecule has 4 aromatic carbocycles. The third kappa shape index (κ3) is 1.32. The third-order valence-electron chi connectivity index (χ3n) is 4.18. The fraction of sp³-hybridized carbons (Fsp3) is 0. The molecule has 0 bridgehead atoms. The fourth-order valence-corrected chi connectivity index (χ4v) is 3.27. The minimum absolute atomic E-state index is 0.938. The summed E-state index contributed by atoms with van der Waals surface area (Å²) in [7, 11) is 0. The van der Waals surface area contributed by atoms with E-state index < -0.39 is 0 Å². The molecule has 0 aliphatic rings. The highest BCUT2D eigenvalue weighted by Crippen LogP contribution is 2.36. The van der Waals surface area contributed by atoms with Crippen LogP contribution >= 0.6 is 0 Å². The van der Waals surface area contributed by atoms with Crippen molar-refractivity contribution in [2.24, 2.45) is 0 Å². The van der Waals surface area contributed by atoms with Crippen molar-refractivity contribution >= 4 is 43.4 Å². The first-order valence-electron chi connectivity index (χ1n) is 6.96. The molecule has 0 aliphatic heterocycles. The van der Waals surface area contributed by atoms with Gasteiger partial charge in [-0.15, -0.1) is 0 Å². The van der Waals surface area contributed by atoms with Crippen LogP contribution in [-0.4, -0.2) is 15.4 Å². The normalized spacial score (nSPS) is 11.8. The summed E-state index contributed by atoms with van der Waals surface area (Å²) in [4.78, 5) is 0. The molecule has 1 N–H and O–H groups in total. The average molecular weight is 269 g/mol. The molecule has 1 heterocycles. The first-order valence-corrected chi connectivity index (χ1v) is 6.96. The van der Waals surface area contributed by atoms with E-state index in [9.17, 15) is 0 Å². The number of benzene rings is 4. The van der Waals surface area contributed by atoms with Crippen molar-refractivity contribution in [3.8, 4) is 0 Å². The fourth-order valence-electron chi connectivity index (χ4n) is 3.27. The zero-order chi connectivity index (χ0) is 13.8. The van der Waals surface area contributed by atoms with Crippen molar-refractivity contribution in [2.75, 3.05) is 0 Å². The molecule has 1 aromatic heterocycles. The van der Waals surface area contributed by atoms with Gasteiger partial charge in [0.1, 0.15) is 11.0 Å². The first-order chi connectivity index (χ1) is 10.4. The Labute approximate surface area is 120 Å². The summed E-state index contributed by atoms with van der Waals surface area (Å²) >= 11 is 0. The summed E-state index contributed by atoms with van der Waals surface area (Å²) in [6, 6.07) is 21.2. The second kappa shape index (κ2) is 3.79. The number of fused-ring (bicyclic) bond motifs is 8. The SMILES string of the molecule is c1ccc2c(c1)ccc1c3n[nH]nc3c3ccccc3c21. The Morgan fingerprint density at radius 2 is 1.24 bits per heavy atom. The van der Waals surface area contributed by atoms with Gasteiger partial charge in [0, 0.05) is 10.8 Å². The second-order valence-electron chi connectivity index (χ2n) is 5.28. The lowest BCUT2D eigenvalue weighted by atomic mass is 9.95. The Bertz CT molecular complexity index is 1140. The number of nitrogens with one attached hydrogen (secondary N) is 1. The van der Waals surface area contributed by atoms with Crippen LogP contribution in [0.5, 0.6) is 0 Å². The smallest absolute Gasteiger partial charge is 0.121 e. The predicted octanol–water partition coefficient (Wildman–Crippen LogP) is 4.42. The summed E-state index contributed by atoms with van der Waals surface area (Å²) in [5.74, 6) is 0. The van der Waals surface area contributed by atoms with Crippen molar-refractivity contribution in [3.05, 3.63) is 60.7 Å². The Balaban J connectivity index is 2.25. The van der Waals surface area contributed by atoms with Gasteiger partial charge in [-0.25, -0.2) is 0 Å². The van der Waals surface area contributed by atoms with Crippen LogP contribution in [0.2, 0.25) is 0 Å². The van der Waals surface area contributed by atoms with E-state index in [1.165, 1.54) is 21.5 Å². The lowest BCUT2D eigenvalue weighted by Gasteiger charge is -2.08. The van der Waals surface area contributed by atoms with Gasteiger partial charge in [-0.2, -0.15) is 15.4 Å². The molecular weight excluding hydrogens is 258 g/mol. The van der Waals surface area contributed by atoms with Gasteiger partial charge in [0.05, 0.1) is 0 Å². The van der Waals surface area contributed by atoms with Gasteiger partial charge in [-0.1, -0.05) is 60.7 Å². The minimum atomic E-state index is 0.938. The number of hydrogen-bond acceptors (Lipinski definition) is 2. The van der Waals surface area contributed by atoms with Crippen LogP contribution in [0, 0.1) is 0 Å². The highest BCUT2D eigenvalue weighted by Gasteiger charge is 2.13. The van der Waals surface area contributed by atoms with Crippen molar-refractivity contribution < 1.29 is 0 Å². The van der Waals surface area contributed by atoms with Gasteiger partial charge in [-0.05, 0) is 21.5 Å². The van der Waals surface area contributed by atoms with Crippen LogP contribution in [-0.2, 0) is 0 Å². The van der Waals surface area contributed by atoms with E-state index in [1.54, 1.807) is 0 Å². The Kier molecular flexibility index (Phi) is 1.95. The maximum absolute atomic E-state index is 4.37. The molecule has 5 aromatic rings. The number of hydrogen-bond donors (Lipinski definition) is 1. The molecule has 0 spiro atoms. The maximum atomic E-state index is 4.37. The number of rotatable bonds is 0. The van der Waals surface area contributed by atoms with Crippen molar-refractivity contribution in [3.63, 3.8) is 0 Å². The van der Waals surface area contributed by atoms with Gasteiger partial charge in [0.25, 0.3) is 0 Å². The number of H-pyrrole nitrogens is 1. The van der Waals surface area contributed by atoms with E-state index in [-0.39, 0.29) is 0 Å². The number of aromatic amines is 1. The largest absolute Gasteiger partial charge is 0.197 e. The van der Waals surface area contributed by atoms with Crippen molar-refractivity contribution in [2.45, 2.75) is 0 Å². The van der Waals surface area contributed by atoms with E-state index in [1.807, 2.05) is 6.07 Å². The molecule has 0 fully saturated rings. The quantitative estimate of drug-likeness (QED) is 0.423. The summed E-state index contributed by atoms with van der Waals surface area (Å²) in [6.45, 7) is 0. The second-order valence-corrected chi connectivity index (χ2v) is 5.28. The molecule has 0 radical (unpaired) electrons. The number of aromatic nitrogens is 3. The molecule has 5 rings (SSSR count). The monoisotopic (exact) mass is 269 g/mol. The summed E-state index contributed by atoms with van der Waals surface area (Å²) in [6.07, 6.45) is 0. The summed E-state index contributed by atoms with van der Waals surface area (Å²) in [5, 5.41) is 18.8. The molecule has 0 saturated heterocycles. The van der Waals surface area contributed by atoms with Crippen LogP contribution in [0.25, 0.3) is 43.4 Å². The van der Waals surface area contributed by atoms with Crippen LogP contribution in [0.15, 0.2) is 60.7 Å². The molecule has 21 heavy (non-hydrogen) atoms. The topological polar surface area (TPSA) is 41.6 Å². The van der Waals surface area contributed by atoms with E-state index in [2.05, 4.69) is 70.0 Å². The van der Waals surface area contributed by atoms with Crippen molar-refractivity contribution in [1.29, 1.82) is 0 Å². The standard InChI is InChI=1S/C18H11N3/c1-2-6-12-11(5-1)9-10-15-16(12)13-7-3-4-8-14(13)17-18(15)20-21-19-17/h1-10H,(H,19,20,21). The Morgan fingerprint density at radius 1 is 0.571 bits per heavy atom. The zero-order valence-corrected chi connectivity index (χ0v) is 11.2. The Morgan fingerprint density at radius 3 is 2.10 bits per heavy atom. The molecule has 0 amide bonds. The molecular formula is C18H11N3. The van der Waals surface area contributed by atoms with E-state index >= 15 is 0 Å². The molecule has 0 unspecified atom stereocenters. The summed E-state index contributed by atoms with van der Waals surface area (Å²) < 4.78 is 0. The zero-order valence-electron chi connectivity index (χ0n) is 11.2. The van der Waals surface area contributed by atoms with E-state index in [0.29, 0.717) is 0 Å². The molecule has 0 saturated carbocycles. The molecule has 3 nitrogen and oxygen atoms in total. The molecule has 98 valence electrons. The predicted molar refractivity (Wildman–Crippen MR) is 86.4 cm³/mol. The number of nitrogens with zero attached hydrogens (tertiary/aromatic N) is 2. The van der Waals surface area contributed by atoms with Crippen LogP contribution < -0.4 is 0 Å². The van der Waals surface area contributed by atoms with Crippen LogP contribution in [0.3, 0.4) is 0 Å². The highest BCUT2D eigenvalue weighted by molar-refractivity contribution is 6.29. The van der Waals surface area contributed by atoms with Crippen LogP contribution in [0.4, 0.5) is 0 Å². The lowest BCUT2D eigenvalue weighted by Crippen LogP contribution is -1.84. The molecule has 0 atom stereocenters. The summed E-state index contributed by atoms with van der Waals surface area (Å²) in [5.41, 5.74) is 1.88. The van der Waals surface area contributed by atoms with Gasteiger partial charge in [0.15, 0.2) is 0 Å². The van der Waals surface area contributed by atoms with Gasteiger partial charge >= 0.3 is 0 Å². The van der Waals surface area contributed by atoms with Crippen molar-refractivity contribution in [1.82, 2.24) is 15.4 Å². The van der Waals surface area contributed by atoms with Crippen LogP contribution in [0.1, 0.15) is 0 Å². The molecule has 3 heteroatoms. The van der Waals surface area contributed by atoms with Gasteiger partial charge in [0.2, 0.25) is 0 Å². The Hall–Kier alpha value is -2.94. The molecule has 0 aliphatic carbocycles. The maximum Gasteiger partial charge on any atom is 0.121 e. The highest BCUT2D eigenvalue weighted by atomic mass is 15.3. The first kappa shape index (κ1) is 10.8. The minimum Gasteiger partial charge on any atom is -0.197 e. The third-order valence-corrected chi connectivity index (χ3v) is 4.18. The lowest BCUT2D eigenvalue weighted by molar-refractivity contribution is 0.961. The van der Waals surface area contributed by atoms with E-state index in [0.717, 1.165) is 21.8 Å². The van der Waals surface area contributed by atoms with Gasteiger partial charge < -0.3 is 0 Å². The average Bonchev–Trinajstić information content (AvgIpc) is 3.04. The van der Waals surface area contributed by atoms with Gasteiger partial charge in [-0.3, -0.25) is 0 Å².